The molecule has 0 radical (unpaired) electrons. The van der Waals surface area contributed by atoms with Gasteiger partial charge in [-0.1, -0.05) is 35.9 Å². The fourth-order valence-corrected chi connectivity index (χ4v) is 2.34. The number of carbonyl (C=O) groups is 1. The summed E-state index contributed by atoms with van der Waals surface area (Å²) < 4.78 is 19.1. The van der Waals surface area contributed by atoms with Gasteiger partial charge in [-0.2, -0.15) is 0 Å². The van der Waals surface area contributed by atoms with E-state index in [-0.39, 0.29) is 25.8 Å². The van der Waals surface area contributed by atoms with E-state index in [2.05, 4.69) is 15.3 Å². The van der Waals surface area contributed by atoms with E-state index < -0.39 is 0 Å². The van der Waals surface area contributed by atoms with Crippen molar-refractivity contribution in [2.75, 3.05) is 13.2 Å². The number of amides is 1. The minimum absolute atomic E-state index is 0. The summed E-state index contributed by atoms with van der Waals surface area (Å²) in [7, 11) is 0. The summed E-state index contributed by atoms with van der Waals surface area (Å²) in [6, 6.07) is 13.9. The van der Waals surface area contributed by atoms with Gasteiger partial charge in [0.15, 0.2) is 0 Å². The Balaban J connectivity index is 0.00000261. The van der Waals surface area contributed by atoms with Gasteiger partial charge in [0, 0.05) is 30.5 Å². The van der Waals surface area contributed by atoms with Gasteiger partial charge < -0.3 is 10.1 Å². The molecule has 0 aliphatic heterocycles. The van der Waals surface area contributed by atoms with E-state index in [1.807, 2.05) is 19.1 Å². The van der Waals surface area contributed by atoms with E-state index in [1.54, 1.807) is 30.3 Å². The van der Waals surface area contributed by atoms with Gasteiger partial charge in [0.1, 0.15) is 12.4 Å². The highest BCUT2D eigenvalue weighted by molar-refractivity contribution is 5.94. The second-order valence-corrected chi connectivity index (χ2v) is 5.70. The highest BCUT2D eigenvalue weighted by Crippen LogP contribution is 2.21. The fourth-order valence-electron chi connectivity index (χ4n) is 2.34. The lowest BCUT2D eigenvalue weighted by molar-refractivity contribution is 0.0946. The number of aryl methyl sites for hydroxylation is 1. The number of carbonyl (C=O) groups excluding carboxylic acids is 1. The zero-order valence-electron chi connectivity index (χ0n) is 14.3. The van der Waals surface area contributed by atoms with Gasteiger partial charge in [-0.3, -0.25) is 4.79 Å². The van der Waals surface area contributed by atoms with Crippen LogP contribution in [-0.2, 0) is 0 Å². The van der Waals surface area contributed by atoms with Crippen LogP contribution in [0.4, 0.5) is 4.39 Å². The predicted molar refractivity (Wildman–Crippen MR) is 98.5 cm³/mol. The molecule has 5 nitrogen and oxygen atoms in total. The number of nitrogens with zero attached hydrogens (tertiary/aromatic N) is 2. The number of rotatable bonds is 6. The van der Waals surface area contributed by atoms with Crippen LogP contribution in [0.3, 0.4) is 0 Å². The molecule has 3 aromatic rings. The molecule has 0 spiro atoms. The molecule has 0 fully saturated rings. The molecule has 1 aromatic heterocycles. The molecule has 0 atom stereocenters. The van der Waals surface area contributed by atoms with Crippen molar-refractivity contribution in [3.05, 3.63) is 77.9 Å². The Labute approximate surface area is 152 Å². The molecule has 1 heterocycles. The van der Waals surface area contributed by atoms with Crippen molar-refractivity contribution in [1.82, 2.24) is 15.3 Å². The number of hydrogen-bond donors (Lipinski definition) is 1. The number of aromatic nitrogens is 2. The van der Waals surface area contributed by atoms with Gasteiger partial charge in [-0.25, -0.2) is 14.4 Å². The smallest absolute Gasteiger partial charge is 0.316 e. The summed E-state index contributed by atoms with van der Waals surface area (Å²) in [5.41, 5.74) is 2.70. The van der Waals surface area contributed by atoms with Gasteiger partial charge in [0.2, 0.25) is 0 Å². The van der Waals surface area contributed by atoms with Crippen LogP contribution in [0.15, 0.2) is 60.9 Å². The average molecular weight is 353 g/mol. The maximum absolute atomic E-state index is 13.7. The van der Waals surface area contributed by atoms with E-state index >= 15 is 0 Å². The van der Waals surface area contributed by atoms with Crippen LogP contribution in [0.1, 0.15) is 17.3 Å². The molecule has 0 saturated heterocycles. The molecular formula is C20H20FN3O2. The van der Waals surface area contributed by atoms with Crippen molar-refractivity contribution in [3.63, 3.8) is 0 Å². The predicted octanol–water partition coefficient (Wildman–Crippen LogP) is 3.65. The minimum atomic E-state index is -0.330. The Morgan fingerprint density at radius 1 is 1.12 bits per heavy atom. The molecule has 3 rings (SSSR count). The van der Waals surface area contributed by atoms with Crippen molar-refractivity contribution in [1.29, 1.82) is 0 Å². The maximum Gasteiger partial charge on any atom is 0.316 e. The molecule has 1 amide bonds. The van der Waals surface area contributed by atoms with Crippen molar-refractivity contribution < 1.29 is 15.3 Å². The summed E-state index contributed by atoms with van der Waals surface area (Å²) >= 11 is 0. The Morgan fingerprint density at radius 3 is 2.50 bits per heavy atom. The topological polar surface area (TPSA) is 64.1 Å². The van der Waals surface area contributed by atoms with Gasteiger partial charge in [0.05, 0.1) is 6.54 Å². The van der Waals surface area contributed by atoms with Crippen LogP contribution < -0.4 is 10.1 Å². The van der Waals surface area contributed by atoms with E-state index in [4.69, 9.17) is 4.74 Å². The molecule has 134 valence electrons. The van der Waals surface area contributed by atoms with Crippen LogP contribution in [-0.4, -0.2) is 29.0 Å². The third-order valence-corrected chi connectivity index (χ3v) is 3.75. The molecule has 2 aromatic carbocycles. The minimum Gasteiger partial charge on any atom is -0.462 e. The van der Waals surface area contributed by atoms with Crippen LogP contribution in [0, 0.1) is 12.7 Å². The first kappa shape index (κ1) is 17.5. The molecule has 6 heteroatoms. The van der Waals surface area contributed by atoms with Crippen LogP contribution in [0.2, 0.25) is 0 Å². The molecule has 0 aliphatic rings. The van der Waals surface area contributed by atoms with E-state index in [1.165, 1.54) is 18.5 Å². The first-order valence-corrected chi connectivity index (χ1v) is 8.18. The lowest BCUT2D eigenvalue weighted by Crippen LogP contribution is -2.28. The summed E-state index contributed by atoms with van der Waals surface area (Å²) in [5.74, 6) is -0.493. The molecule has 0 bridgehead atoms. The maximum atomic E-state index is 13.7. The monoisotopic (exact) mass is 353 g/mol. The first-order valence-electron chi connectivity index (χ1n) is 8.18. The van der Waals surface area contributed by atoms with Crippen molar-refractivity contribution >= 4 is 5.91 Å². The van der Waals surface area contributed by atoms with Crippen LogP contribution >= 0.6 is 0 Å². The quantitative estimate of drug-likeness (QED) is 0.687. The number of hydrogen-bond acceptors (Lipinski definition) is 4. The molecule has 0 saturated carbocycles. The molecule has 0 unspecified atom stereocenters. The Hall–Kier alpha value is -3.28. The third kappa shape index (κ3) is 4.42. The zero-order chi connectivity index (χ0) is 18.4. The first-order chi connectivity index (χ1) is 12.6. The Morgan fingerprint density at radius 2 is 1.81 bits per heavy atom. The second kappa shape index (κ2) is 8.20. The van der Waals surface area contributed by atoms with Gasteiger partial charge in [-0.05, 0) is 25.1 Å². The van der Waals surface area contributed by atoms with E-state index in [0.29, 0.717) is 23.2 Å². The van der Waals surface area contributed by atoms with E-state index in [0.717, 1.165) is 5.56 Å². The zero-order valence-corrected chi connectivity index (χ0v) is 14.3. The SMILES string of the molecule is Cc1ccc(C(=O)NCCOc2ncc(-c3ccccc3F)cn2)cc1.[HH]. The number of ether oxygens (including phenoxy) is 1. The summed E-state index contributed by atoms with van der Waals surface area (Å²) in [5, 5.41) is 2.76. The third-order valence-electron chi connectivity index (χ3n) is 3.75. The van der Waals surface area contributed by atoms with Gasteiger partial charge >= 0.3 is 6.01 Å². The Bertz CT molecular complexity index is 886. The largest absolute Gasteiger partial charge is 0.462 e. The fraction of sp³-hybridized carbons (Fsp3) is 0.150. The van der Waals surface area contributed by atoms with Crippen LogP contribution in [0.5, 0.6) is 6.01 Å². The highest BCUT2D eigenvalue weighted by Gasteiger charge is 2.07. The summed E-state index contributed by atoms with van der Waals surface area (Å²) in [4.78, 5) is 20.1. The summed E-state index contributed by atoms with van der Waals surface area (Å²) in [6.45, 7) is 2.52. The lowest BCUT2D eigenvalue weighted by atomic mass is 10.1. The lowest BCUT2D eigenvalue weighted by Gasteiger charge is -2.07. The van der Waals surface area contributed by atoms with E-state index in [9.17, 15) is 9.18 Å². The number of benzene rings is 2. The highest BCUT2D eigenvalue weighted by atomic mass is 19.1. The van der Waals surface area contributed by atoms with Crippen LogP contribution in [0.25, 0.3) is 11.1 Å². The standard InChI is InChI=1S/C20H18FN3O2.H2/c1-14-6-8-15(9-7-14)19(25)22-10-11-26-20-23-12-16(13-24-20)17-4-2-3-5-18(17)21;/h2-9,12-13H,10-11H2,1H3,(H,22,25);1H. The van der Waals surface area contributed by atoms with Crippen molar-refractivity contribution in [3.8, 4) is 17.1 Å². The van der Waals surface area contributed by atoms with Gasteiger partial charge in [-0.15, -0.1) is 0 Å². The van der Waals surface area contributed by atoms with Gasteiger partial charge in [0.25, 0.3) is 5.91 Å². The number of halogens is 1. The average Bonchev–Trinajstić information content (AvgIpc) is 2.67. The summed E-state index contributed by atoms with van der Waals surface area (Å²) in [6.07, 6.45) is 3.01. The van der Waals surface area contributed by atoms with Crippen molar-refractivity contribution in [2.24, 2.45) is 0 Å². The number of nitrogens with one attached hydrogen (secondary N) is 1. The van der Waals surface area contributed by atoms with Crippen molar-refractivity contribution in [2.45, 2.75) is 6.92 Å². The molecule has 1 N–H and O–H groups in total. The molecular weight excluding hydrogens is 333 g/mol. The molecule has 26 heavy (non-hydrogen) atoms. The normalized spacial score (nSPS) is 10.4. The Kier molecular flexibility index (Phi) is 5.53. The molecule has 0 aliphatic carbocycles. The second-order valence-electron chi connectivity index (χ2n) is 5.70.